The maximum absolute atomic E-state index is 14.4. The van der Waals surface area contributed by atoms with Gasteiger partial charge in [0.25, 0.3) is 0 Å². The molecule has 5 unspecified atom stereocenters. The van der Waals surface area contributed by atoms with Crippen LogP contribution in [-0.4, -0.2) is 78.0 Å². The first-order valence-electron chi connectivity index (χ1n) is 18.3. The molecule has 1 aromatic rings. The van der Waals surface area contributed by atoms with Gasteiger partial charge in [-0.05, 0) is 73.7 Å². The van der Waals surface area contributed by atoms with Crippen molar-refractivity contribution in [3.63, 3.8) is 0 Å². The smallest absolute Gasteiger partial charge is 0.312 e. The van der Waals surface area contributed by atoms with Crippen LogP contribution in [0.25, 0.3) is 0 Å². The van der Waals surface area contributed by atoms with E-state index in [9.17, 15) is 14.4 Å². The van der Waals surface area contributed by atoms with Gasteiger partial charge >= 0.3 is 17.9 Å². The molecular weight excluding hydrogens is 672 g/mol. The summed E-state index contributed by atoms with van der Waals surface area (Å²) in [6, 6.07) is 9.98. The maximum Gasteiger partial charge on any atom is 0.312 e. The summed E-state index contributed by atoms with van der Waals surface area (Å²) in [6.45, 7) is 21.5. The Labute approximate surface area is 310 Å². The average molecular weight is 741 g/mol. The normalized spacial score (nSPS) is 19.1. The van der Waals surface area contributed by atoms with Gasteiger partial charge in [-0.2, -0.15) is 0 Å². The first-order chi connectivity index (χ1) is 23.7. The van der Waals surface area contributed by atoms with Crippen molar-refractivity contribution in [3.8, 4) is 0 Å². The van der Waals surface area contributed by atoms with E-state index in [4.69, 9.17) is 31.5 Å². The quantitative estimate of drug-likeness (QED) is 0.0468. The molecule has 294 valence electrons. The Morgan fingerprint density at radius 2 is 1.29 bits per heavy atom. The lowest BCUT2D eigenvalue weighted by Gasteiger charge is -2.48. The van der Waals surface area contributed by atoms with E-state index >= 15 is 0 Å². The molecule has 0 amide bonds. The fourth-order valence-electron chi connectivity index (χ4n) is 6.85. The molecule has 1 fully saturated rings. The van der Waals surface area contributed by atoms with Crippen molar-refractivity contribution < 1.29 is 45.9 Å². The van der Waals surface area contributed by atoms with E-state index in [0.29, 0.717) is 31.6 Å². The predicted octanol–water partition coefficient (Wildman–Crippen LogP) is 8.47. The monoisotopic (exact) mass is 740 g/mol. The molecule has 1 aromatic carbocycles. The first kappa shape index (κ1) is 45.0. The lowest BCUT2D eigenvalue weighted by molar-refractivity contribution is -0.167. The summed E-state index contributed by atoms with van der Waals surface area (Å²) in [5.41, 5.74) is -1.98. The molecule has 0 aliphatic carbocycles. The van der Waals surface area contributed by atoms with Crippen LogP contribution in [0.4, 0.5) is 0 Å². The van der Waals surface area contributed by atoms with Gasteiger partial charge in [0.1, 0.15) is 12.7 Å². The van der Waals surface area contributed by atoms with Crippen molar-refractivity contribution in [1.29, 1.82) is 0 Å². The molecule has 51 heavy (non-hydrogen) atoms. The zero-order chi connectivity index (χ0) is 38.8. The summed E-state index contributed by atoms with van der Waals surface area (Å²) in [5, 5.41) is 0. The van der Waals surface area contributed by atoms with Gasteiger partial charge in [-0.15, -0.1) is 0 Å². The van der Waals surface area contributed by atoms with Crippen molar-refractivity contribution in [2.75, 3.05) is 54.0 Å². The van der Waals surface area contributed by atoms with E-state index in [0.717, 1.165) is 5.56 Å². The standard InChI is InChI=1S/C40H68O10S/c1-28(2)37(5,6)39(9,35(42)44-11)25-32(34(41)48-21-18-22-51(45-12,46-13)47-14)23-31(30-19-16-15-17-20-30)24-40(10,38(7,8)29(3)4)36(43)50-27-33-26-49-33/h15-17,19-20,28-29,31-33H,18,21-27H2,1-14H3. The van der Waals surface area contributed by atoms with Crippen molar-refractivity contribution in [1.82, 2.24) is 0 Å². The fourth-order valence-corrected chi connectivity index (χ4v) is 8.23. The van der Waals surface area contributed by atoms with E-state index in [2.05, 4.69) is 55.4 Å². The van der Waals surface area contributed by atoms with Crippen LogP contribution in [0.5, 0.6) is 0 Å². The van der Waals surface area contributed by atoms with E-state index < -0.39 is 44.4 Å². The van der Waals surface area contributed by atoms with Crippen molar-refractivity contribution in [2.24, 2.45) is 39.4 Å². The molecule has 0 saturated carbocycles. The Morgan fingerprint density at radius 1 is 0.784 bits per heavy atom. The third-order valence-electron chi connectivity index (χ3n) is 12.6. The summed E-state index contributed by atoms with van der Waals surface area (Å²) in [6.07, 6.45) is 1.35. The van der Waals surface area contributed by atoms with Gasteiger partial charge in [0.2, 0.25) is 0 Å². The van der Waals surface area contributed by atoms with E-state index in [1.165, 1.54) is 28.4 Å². The minimum atomic E-state index is -2.22. The largest absolute Gasteiger partial charge is 0.469 e. The second kappa shape index (κ2) is 18.7. The van der Waals surface area contributed by atoms with Crippen LogP contribution in [0.1, 0.15) is 106 Å². The first-order valence-corrected chi connectivity index (χ1v) is 19.9. The number of hydrogen-bond acceptors (Lipinski definition) is 10. The average Bonchev–Trinajstić information content (AvgIpc) is 3.94. The molecular formula is C40H68O10S. The Morgan fingerprint density at radius 3 is 1.75 bits per heavy atom. The third kappa shape index (κ3) is 10.7. The van der Waals surface area contributed by atoms with E-state index in [1.54, 1.807) is 0 Å². The lowest BCUT2D eigenvalue weighted by Crippen LogP contribution is -2.49. The lowest BCUT2D eigenvalue weighted by atomic mass is 9.56. The highest BCUT2D eigenvalue weighted by Crippen LogP contribution is 2.54. The molecule has 11 heteroatoms. The zero-order valence-electron chi connectivity index (χ0n) is 33.9. The van der Waals surface area contributed by atoms with Crippen molar-refractivity contribution >= 4 is 28.8 Å². The number of esters is 3. The van der Waals surface area contributed by atoms with Gasteiger partial charge in [-0.3, -0.25) is 26.9 Å². The Kier molecular flexibility index (Phi) is 16.5. The SMILES string of the molecule is COC(=O)C(C)(CC(CC(CC(C)(C(=O)OCC1CO1)C(C)(C)C(C)C)c1ccccc1)C(=O)OCCCS(OC)(OC)OC)C(C)(C)C(C)C. The number of methoxy groups -OCH3 is 1. The Balaban J connectivity index is 2.63. The highest BCUT2D eigenvalue weighted by atomic mass is 32.3. The molecule has 0 radical (unpaired) electrons. The molecule has 10 nitrogen and oxygen atoms in total. The summed E-state index contributed by atoms with van der Waals surface area (Å²) in [4.78, 5) is 42.3. The topological polar surface area (TPSA) is 119 Å². The van der Waals surface area contributed by atoms with Gasteiger partial charge in [0, 0.05) is 5.75 Å². The van der Waals surface area contributed by atoms with Gasteiger partial charge < -0.3 is 18.9 Å². The van der Waals surface area contributed by atoms with E-state index in [1.807, 2.05) is 44.2 Å². The highest BCUT2D eigenvalue weighted by molar-refractivity contribution is 8.21. The summed E-state index contributed by atoms with van der Waals surface area (Å²) in [5.74, 6) is -1.37. The number of epoxide rings is 1. The van der Waals surface area contributed by atoms with Gasteiger partial charge in [0.15, 0.2) is 0 Å². The number of ether oxygens (including phenoxy) is 4. The molecule has 0 N–H and O–H groups in total. The van der Waals surface area contributed by atoms with Crippen LogP contribution in [-0.2, 0) is 45.9 Å². The molecule has 5 atom stereocenters. The van der Waals surface area contributed by atoms with Crippen molar-refractivity contribution in [2.45, 2.75) is 107 Å². The number of rotatable bonds is 23. The number of carbonyl (C=O) groups is 3. The molecule has 0 bridgehead atoms. The van der Waals surface area contributed by atoms with Crippen molar-refractivity contribution in [3.05, 3.63) is 35.9 Å². The van der Waals surface area contributed by atoms with Crippen LogP contribution in [0, 0.1) is 39.4 Å². The number of benzene rings is 1. The van der Waals surface area contributed by atoms with Gasteiger partial charge in [-0.1, -0.05) is 85.7 Å². The highest BCUT2D eigenvalue weighted by Gasteiger charge is 2.54. The molecule has 1 aliphatic heterocycles. The van der Waals surface area contributed by atoms with Crippen LogP contribution < -0.4 is 0 Å². The van der Waals surface area contributed by atoms with E-state index in [-0.39, 0.29) is 55.4 Å². The zero-order valence-corrected chi connectivity index (χ0v) is 34.7. The Bertz CT molecular complexity index is 1250. The summed E-state index contributed by atoms with van der Waals surface area (Å²) >= 11 is 0. The summed E-state index contributed by atoms with van der Waals surface area (Å²) in [7, 11) is 3.77. The summed E-state index contributed by atoms with van der Waals surface area (Å²) < 4.78 is 39.2. The minimum absolute atomic E-state index is 0.0619. The molecule has 2 rings (SSSR count). The maximum atomic E-state index is 14.4. The molecule has 0 spiro atoms. The van der Waals surface area contributed by atoms with Crippen LogP contribution in [0.2, 0.25) is 0 Å². The fraction of sp³-hybridized carbons (Fsp3) is 0.775. The Hall–Kier alpha value is -2.18. The number of hydrogen-bond donors (Lipinski definition) is 0. The molecule has 1 heterocycles. The minimum Gasteiger partial charge on any atom is -0.469 e. The molecule has 1 aliphatic rings. The number of carbonyl (C=O) groups excluding carboxylic acids is 3. The van der Waals surface area contributed by atoms with Gasteiger partial charge in [0.05, 0.1) is 69.3 Å². The van der Waals surface area contributed by atoms with Crippen LogP contribution in [0.3, 0.4) is 0 Å². The second-order valence-corrected chi connectivity index (χ2v) is 18.7. The second-order valence-electron chi connectivity index (χ2n) is 16.2. The van der Waals surface area contributed by atoms with Crippen LogP contribution >= 0.6 is 10.9 Å². The molecule has 1 saturated heterocycles. The predicted molar refractivity (Wildman–Crippen MR) is 202 cm³/mol. The van der Waals surface area contributed by atoms with Crippen LogP contribution in [0.15, 0.2) is 30.3 Å². The molecule has 0 aromatic heterocycles. The third-order valence-corrected chi connectivity index (χ3v) is 15.0. The van der Waals surface area contributed by atoms with Gasteiger partial charge in [-0.25, -0.2) is 0 Å².